The van der Waals surface area contributed by atoms with Crippen molar-refractivity contribution in [1.29, 1.82) is 0 Å². The molecule has 3 atom stereocenters. The molecule has 2 fully saturated rings. The second-order valence-corrected chi connectivity index (χ2v) is 10.2. The maximum atomic E-state index is 13.7. The summed E-state index contributed by atoms with van der Waals surface area (Å²) in [6.45, 7) is 6.71. The highest BCUT2D eigenvalue weighted by molar-refractivity contribution is 5.88. The summed E-state index contributed by atoms with van der Waals surface area (Å²) in [4.78, 5) is 10.6. The van der Waals surface area contributed by atoms with Crippen molar-refractivity contribution in [2.75, 3.05) is 26.2 Å². The molecule has 5 heteroatoms. The van der Waals surface area contributed by atoms with Crippen LogP contribution >= 0.6 is 0 Å². The molecule has 0 radical (unpaired) electrons. The van der Waals surface area contributed by atoms with E-state index in [1.54, 1.807) is 6.08 Å². The van der Waals surface area contributed by atoms with Crippen molar-refractivity contribution < 1.29 is 4.39 Å². The standard InChI is InChI=1S/C27H39FN4/c1-2-31(18-20-6-4-3-5-7-20)19-24-12-13-25-30-26(21-8-10-23(28)11-9-21)27(32(24)25)22-14-16-29-17-15-22/h8,10,14-16,20,24,26-27,29H,2-7,9,11-13,17-19H2,1H3. The van der Waals surface area contributed by atoms with Gasteiger partial charge in [0.25, 0.3) is 0 Å². The zero-order chi connectivity index (χ0) is 21.9. The Hall–Kier alpha value is -1.88. The Morgan fingerprint density at radius 1 is 1.09 bits per heavy atom. The highest BCUT2D eigenvalue weighted by Crippen LogP contribution is 2.40. The number of likely N-dealkylation sites (N-methyl/N-ethyl adjacent to an activating group) is 1. The summed E-state index contributed by atoms with van der Waals surface area (Å²) in [6, 6.07) is 0.901. The van der Waals surface area contributed by atoms with Crippen LogP contribution in [0.4, 0.5) is 4.39 Å². The summed E-state index contributed by atoms with van der Waals surface area (Å²) in [7, 11) is 0. The van der Waals surface area contributed by atoms with E-state index in [4.69, 9.17) is 4.99 Å². The quantitative estimate of drug-likeness (QED) is 0.599. The Balaban J connectivity index is 1.36. The topological polar surface area (TPSA) is 30.9 Å². The molecule has 0 amide bonds. The largest absolute Gasteiger partial charge is 0.387 e. The van der Waals surface area contributed by atoms with Gasteiger partial charge in [-0.3, -0.25) is 4.99 Å². The van der Waals surface area contributed by atoms with Gasteiger partial charge in [0.1, 0.15) is 11.7 Å². The van der Waals surface area contributed by atoms with Gasteiger partial charge >= 0.3 is 0 Å². The van der Waals surface area contributed by atoms with Crippen LogP contribution in [-0.4, -0.2) is 59.9 Å². The molecular weight excluding hydrogens is 399 g/mol. The molecule has 3 aliphatic heterocycles. The van der Waals surface area contributed by atoms with Crippen LogP contribution in [0.25, 0.3) is 0 Å². The van der Waals surface area contributed by atoms with Crippen LogP contribution in [0, 0.1) is 5.92 Å². The van der Waals surface area contributed by atoms with Crippen LogP contribution in [0.1, 0.15) is 64.7 Å². The first-order valence-corrected chi connectivity index (χ1v) is 13.0. The predicted octanol–water partition coefficient (Wildman–Crippen LogP) is 5.12. The van der Waals surface area contributed by atoms with E-state index in [1.165, 1.54) is 62.1 Å². The molecule has 1 saturated heterocycles. The smallest absolute Gasteiger partial charge is 0.101 e. The first-order chi connectivity index (χ1) is 15.7. The number of hydrogen-bond acceptors (Lipinski definition) is 4. The number of halogens is 1. The SMILES string of the molecule is CCN(CC1CCCCC1)CC1CCC2=NC(C3=CC=C(F)CC3)C(C3=CCNC=C3)N21. The molecule has 0 spiro atoms. The van der Waals surface area contributed by atoms with Crippen molar-refractivity contribution in [3.8, 4) is 0 Å². The molecule has 1 N–H and O–H groups in total. The van der Waals surface area contributed by atoms with E-state index in [0.717, 1.165) is 38.4 Å². The average molecular weight is 439 g/mol. The fraction of sp³-hybridized carbons (Fsp3) is 0.667. The van der Waals surface area contributed by atoms with E-state index >= 15 is 0 Å². The maximum Gasteiger partial charge on any atom is 0.101 e. The molecule has 4 nitrogen and oxygen atoms in total. The Labute approximate surface area is 193 Å². The molecule has 5 rings (SSSR count). The summed E-state index contributed by atoms with van der Waals surface area (Å²) >= 11 is 0. The molecule has 3 heterocycles. The maximum absolute atomic E-state index is 13.7. The fourth-order valence-corrected chi connectivity index (χ4v) is 6.41. The van der Waals surface area contributed by atoms with E-state index in [9.17, 15) is 4.39 Å². The lowest BCUT2D eigenvalue weighted by molar-refractivity contribution is 0.159. The molecule has 0 aromatic carbocycles. The van der Waals surface area contributed by atoms with Gasteiger partial charge < -0.3 is 15.1 Å². The second-order valence-electron chi connectivity index (χ2n) is 10.2. The minimum atomic E-state index is -0.00314. The Morgan fingerprint density at radius 3 is 2.69 bits per heavy atom. The Morgan fingerprint density at radius 2 is 1.97 bits per heavy atom. The van der Waals surface area contributed by atoms with Gasteiger partial charge in [0.15, 0.2) is 0 Å². The number of hydrogen-bond donors (Lipinski definition) is 1. The van der Waals surface area contributed by atoms with E-state index in [1.807, 2.05) is 6.08 Å². The third kappa shape index (κ3) is 4.59. The van der Waals surface area contributed by atoms with Crippen LogP contribution in [-0.2, 0) is 0 Å². The van der Waals surface area contributed by atoms with Crippen LogP contribution in [0.2, 0.25) is 0 Å². The molecule has 3 unspecified atom stereocenters. The molecule has 0 aromatic heterocycles. The van der Waals surface area contributed by atoms with Gasteiger partial charge in [-0.15, -0.1) is 0 Å². The van der Waals surface area contributed by atoms with Crippen LogP contribution in [0.3, 0.4) is 0 Å². The monoisotopic (exact) mass is 438 g/mol. The van der Waals surface area contributed by atoms with Gasteiger partial charge in [0.05, 0.1) is 12.1 Å². The number of allylic oxidation sites excluding steroid dienone is 3. The molecule has 0 aromatic rings. The summed E-state index contributed by atoms with van der Waals surface area (Å²) in [5.74, 6) is 2.16. The lowest BCUT2D eigenvalue weighted by Gasteiger charge is -2.38. The number of amidine groups is 1. The Kier molecular flexibility index (Phi) is 6.82. The van der Waals surface area contributed by atoms with Crippen LogP contribution in [0.15, 0.2) is 52.5 Å². The molecule has 0 bridgehead atoms. The summed E-state index contributed by atoms with van der Waals surface area (Å²) in [5, 5.41) is 3.30. The number of dihydropyridines is 1. The lowest BCUT2D eigenvalue weighted by atomic mass is 9.87. The van der Waals surface area contributed by atoms with E-state index < -0.39 is 0 Å². The predicted molar refractivity (Wildman–Crippen MR) is 130 cm³/mol. The first kappa shape index (κ1) is 21.9. The first-order valence-electron chi connectivity index (χ1n) is 13.0. The van der Waals surface area contributed by atoms with Gasteiger partial charge in [-0.2, -0.15) is 0 Å². The minimum absolute atomic E-state index is 0.00314. The summed E-state index contributed by atoms with van der Waals surface area (Å²) in [5.41, 5.74) is 2.66. The third-order valence-corrected chi connectivity index (χ3v) is 8.14. The molecule has 32 heavy (non-hydrogen) atoms. The molecule has 174 valence electrons. The minimum Gasteiger partial charge on any atom is -0.387 e. The van der Waals surface area contributed by atoms with Gasteiger partial charge in [0.2, 0.25) is 0 Å². The van der Waals surface area contributed by atoms with Crippen molar-refractivity contribution >= 4 is 5.84 Å². The Bertz CT molecular complexity index is 833. The normalized spacial score (nSPS) is 30.6. The van der Waals surface area contributed by atoms with Crippen molar-refractivity contribution in [2.24, 2.45) is 10.9 Å². The van der Waals surface area contributed by atoms with Gasteiger partial charge in [-0.25, -0.2) is 4.39 Å². The molecular formula is C27H39FN4. The number of rotatable bonds is 7. The van der Waals surface area contributed by atoms with Crippen LogP contribution in [0.5, 0.6) is 0 Å². The highest BCUT2D eigenvalue weighted by Gasteiger charge is 2.46. The fourth-order valence-electron chi connectivity index (χ4n) is 6.41. The van der Waals surface area contributed by atoms with E-state index in [-0.39, 0.29) is 17.9 Å². The second kappa shape index (κ2) is 9.94. The van der Waals surface area contributed by atoms with Crippen molar-refractivity contribution in [3.05, 3.63) is 47.5 Å². The van der Waals surface area contributed by atoms with Crippen molar-refractivity contribution in [1.82, 2.24) is 15.1 Å². The number of nitrogens with one attached hydrogen (secondary N) is 1. The number of fused-ring (bicyclic) bond motifs is 1. The van der Waals surface area contributed by atoms with E-state index in [0.29, 0.717) is 12.5 Å². The van der Waals surface area contributed by atoms with Crippen molar-refractivity contribution in [3.63, 3.8) is 0 Å². The van der Waals surface area contributed by atoms with E-state index in [2.05, 4.69) is 40.4 Å². The zero-order valence-corrected chi connectivity index (χ0v) is 19.6. The molecule has 2 aliphatic carbocycles. The zero-order valence-electron chi connectivity index (χ0n) is 19.6. The van der Waals surface area contributed by atoms with Crippen molar-refractivity contribution in [2.45, 2.75) is 82.8 Å². The third-order valence-electron chi connectivity index (χ3n) is 8.14. The number of aliphatic imine (C=N–C) groups is 1. The average Bonchev–Trinajstić information content (AvgIpc) is 3.40. The van der Waals surface area contributed by atoms with Gasteiger partial charge in [-0.05, 0) is 67.6 Å². The molecule has 1 saturated carbocycles. The summed E-state index contributed by atoms with van der Waals surface area (Å²) < 4.78 is 13.7. The van der Waals surface area contributed by atoms with Crippen LogP contribution < -0.4 is 5.32 Å². The van der Waals surface area contributed by atoms with Gasteiger partial charge in [0, 0.05) is 38.5 Å². The highest BCUT2D eigenvalue weighted by atomic mass is 19.1. The summed E-state index contributed by atoms with van der Waals surface area (Å²) in [6.07, 6.45) is 20.9. The lowest BCUT2D eigenvalue weighted by Crippen LogP contribution is -2.49. The number of nitrogens with zero attached hydrogens (tertiary/aromatic N) is 3. The molecule has 5 aliphatic rings. The van der Waals surface area contributed by atoms with Gasteiger partial charge in [-0.1, -0.05) is 38.3 Å².